The highest BCUT2D eigenvalue weighted by Crippen LogP contribution is 2.18. The van der Waals surface area contributed by atoms with Gasteiger partial charge >= 0.3 is 0 Å². The van der Waals surface area contributed by atoms with Crippen LogP contribution in [0.15, 0.2) is 47.8 Å². The van der Waals surface area contributed by atoms with E-state index in [4.69, 9.17) is 0 Å². The second-order valence-corrected chi connectivity index (χ2v) is 7.17. The predicted molar refractivity (Wildman–Crippen MR) is 99.3 cm³/mol. The van der Waals surface area contributed by atoms with Crippen LogP contribution >= 0.6 is 22.7 Å². The summed E-state index contributed by atoms with van der Waals surface area (Å²) in [6.07, 6.45) is 1.45. The van der Waals surface area contributed by atoms with Gasteiger partial charge in [0.1, 0.15) is 5.01 Å². The van der Waals surface area contributed by atoms with Gasteiger partial charge in [0.15, 0.2) is 0 Å². The summed E-state index contributed by atoms with van der Waals surface area (Å²) in [5.74, 6) is -0.255. The monoisotopic (exact) mass is 372 g/mol. The molecule has 0 spiro atoms. The molecule has 3 aromatic rings. The molecule has 128 valence electrons. The fraction of sp³-hybridized carbons (Fsp3) is 0.176. The predicted octanol–water partition coefficient (Wildman–Crippen LogP) is 3.21. The zero-order valence-electron chi connectivity index (χ0n) is 13.3. The first-order valence-corrected chi connectivity index (χ1v) is 9.42. The van der Waals surface area contributed by atoms with Crippen molar-refractivity contribution in [1.82, 2.24) is 15.5 Å². The molecule has 2 heterocycles. The lowest BCUT2D eigenvalue weighted by atomic mass is 10.2. The topological polar surface area (TPSA) is 84.0 Å². The molecule has 0 radical (unpaired) electrons. The number of aromatic nitrogens is 2. The maximum absolute atomic E-state index is 11.9. The molecule has 0 aliphatic heterocycles. The molecule has 0 unspecified atom stereocenters. The van der Waals surface area contributed by atoms with E-state index in [0.717, 1.165) is 11.4 Å². The minimum Gasteiger partial charge on any atom is -0.352 e. The Balaban J connectivity index is 1.41. The standard InChI is InChI=1S/C17H16N4O2S2/c22-15(12-6-2-1-3-7-12)18-10-4-9-14-20-21-17(25-14)19-16(23)13-8-5-11-24-13/h1-3,5-8,11H,4,9-10H2,(H,18,22)(H,19,21,23). The van der Waals surface area contributed by atoms with Crippen molar-refractivity contribution in [2.24, 2.45) is 0 Å². The van der Waals surface area contributed by atoms with Gasteiger partial charge in [-0.25, -0.2) is 0 Å². The number of hydrogen-bond acceptors (Lipinski definition) is 6. The van der Waals surface area contributed by atoms with Crippen LogP contribution in [0.3, 0.4) is 0 Å². The van der Waals surface area contributed by atoms with Gasteiger partial charge in [0, 0.05) is 18.5 Å². The van der Waals surface area contributed by atoms with Crippen LogP contribution in [0, 0.1) is 0 Å². The van der Waals surface area contributed by atoms with E-state index in [9.17, 15) is 9.59 Å². The molecular formula is C17H16N4O2S2. The van der Waals surface area contributed by atoms with Crippen molar-refractivity contribution in [3.8, 4) is 0 Å². The van der Waals surface area contributed by atoms with Crippen molar-refractivity contribution in [3.63, 3.8) is 0 Å². The van der Waals surface area contributed by atoms with E-state index in [1.807, 2.05) is 29.6 Å². The number of nitrogens with one attached hydrogen (secondary N) is 2. The van der Waals surface area contributed by atoms with Crippen molar-refractivity contribution in [3.05, 3.63) is 63.3 Å². The first-order chi connectivity index (χ1) is 12.2. The van der Waals surface area contributed by atoms with Crippen molar-refractivity contribution < 1.29 is 9.59 Å². The maximum Gasteiger partial charge on any atom is 0.267 e. The number of rotatable bonds is 7. The Morgan fingerprint density at radius 3 is 2.60 bits per heavy atom. The largest absolute Gasteiger partial charge is 0.352 e. The molecule has 2 N–H and O–H groups in total. The minimum atomic E-state index is -0.173. The van der Waals surface area contributed by atoms with Gasteiger partial charge in [-0.1, -0.05) is 35.6 Å². The Labute approximate surface area is 152 Å². The lowest BCUT2D eigenvalue weighted by molar-refractivity contribution is 0.0952. The summed E-state index contributed by atoms with van der Waals surface area (Å²) in [7, 11) is 0. The lowest BCUT2D eigenvalue weighted by Gasteiger charge is -2.03. The second kappa shape index (κ2) is 8.50. The van der Waals surface area contributed by atoms with E-state index in [2.05, 4.69) is 20.8 Å². The van der Waals surface area contributed by atoms with Gasteiger partial charge in [0.2, 0.25) is 5.13 Å². The molecule has 0 fully saturated rings. The van der Waals surface area contributed by atoms with Crippen LogP contribution in [0.1, 0.15) is 31.5 Å². The van der Waals surface area contributed by atoms with Crippen molar-refractivity contribution in [2.45, 2.75) is 12.8 Å². The van der Waals surface area contributed by atoms with Gasteiger partial charge < -0.3 is 5.32 Å². The summed E-state index contributed by atoms with van der Waals surface area (Å²) >= 11 is 2.73. The molecule has 8 heteroatoms. The van der Waals surface area contributed by atoms with Crippen molar-refractivity contribution >= 4 is 39.6 Å². The van der Waals surface area contributed by atoms with Crippen LogP contribution in [-0.2, 0) is 6.42 Å². The van der Waals surface area contributed by atoms with E-state index >= 15 is 0 Å². The average molecular weight is 372 g/mol. The highest BCUT2D eigenvalue weighted by Gasteiger charge is 2.11. The van der Waals surface area contributed by atoms with Crippen LogP contribution in [-0.4, -0.2) is 28.6 Å². The Morgan fingerprint density at radius 1 is 1.00 bits per heavy atom. The number of nitrogens with zero attached hydrogens (tertiary/aromatic N) is 2. The van der Waals surface area contributed by atoms with Gasteiger partial charge in [-0.3, -0.25) is 14.9 Å². The molecule has 25 heavy (non-hydrogen) atoms. The molecule has 3 rings (SSSR count). The normalized spacial score (nSPS) is 10.4. The zero-order valence-corrected chi connectivity index (χ0v) is 14.9. The summed E-state index contributed by atoms with van der Waals surface area (Å²) in [4.78, 5) is 24.5. The Hall–Kier alpha value is -2.58. The number of thiophene rings is 1. The Morgan fingerprint density at radius 2 is 1.84 bits per heavy atom. The number of anilines is 1. The third-order valence-electron chi connectivity index (χ3n) is 3.32. The summed E-state index contributed by atoms with van der Waals surface area (Å²) < 4.78 is 0. The number of benzene rings is 1. The van der Waals surface area contributed by atoms with E-state index in [1.165, 1.54) is 22.7 Å². The molecule has 2 amide bonds. The molecular weight excluding hydrogens is 356 g/mol. The summed E-state index contributed by atoms with van der Waals surface area (Å²) in [6, 6.07) is 12.7. The summed E-state index contributed by atoms with van der Waals surface area (Å²) in [5, 5.41) is 16.8. The number of carbonyl (C=O) groups is 2. The number of carbonyl (C=O) groups excluding carboxylic acids is 2. The minimum absolute atomic E-state index is 0.0817. The molecule has 0 aliphatic rings. The highest BCUT2D eigenvalue weighted by molar-refractivity contribution is 7.15. The molecule has 0 aliphatic carbocycles. The van der Waals surface area contributed by atoms with Gasteiger partial charge in [0.05, 0.1) is 4.88 Å². The quantitative estimate of drug-likeness (QED) is 0.624. The van der Waals surface area contributed by atoms with Gasteiger partial charge in [-0.2, -0.15) is 0 Å². The van der Waals surface area contributed by atoms with Crippen LogP contribution in [0.2, 0.25) is 0 Å². The van der Waals surface area contributed by atoms with Crippen molar-refractivity contribution in [1.29, 1.82) is 0 Å². The second-order valence-electron chi connectivity index (χ2n) is 5.16. The molecule has 2 aromatic heterocycles. The molecule has 0 atom stereocenters. The van der Waals surface area contributed by atoms with Crippen LogP contribution in [0.4, 0.5) is 5.13 Å². The van der Waals surface area contributed by atoms with Gasteiger partial charge in [-0.15, -0.1) is 21.5 Å². The fourth-order valence-corrected chi connectivity index (χ4v) is 3.50. The van der Waals surface area contributed by atoms with Gasteiger partial charge in [0.25, 0.3) is 11.8 Å². The number of amides is 2. The Kier molecular flexibility index (Phi) is 5.86. The summed E-state index contributed by atoms with van der Waals surface area (Å²) in [6.45, 7) is 0.560. The average Bonchev–Trinajstić information content (AvgIpc) is 3.31. The first kappa shape index (κ1) is 17.2. The lowest BCUT2D eigenvalue weighted by Crippen LogP contribution is -2.24. The molecule has 0 saturated carbocycles. The van der Waals surface area contributed by atoms with E-state index in [1.54, 1.807) is 18.2 Å². The van der Waals surface area contributed by atoms with Crippen molar-refractivity contribution in [2.75, 3.05) is 11.9 Å². The highest BCUT2D eigenvalue weighted by atomic mass is 32.1. The van der Waals surface area contributed by atoms with E-state index in [-0.39, 0.29) is 11.8 Å². The molecule has 6 nitrogen and oxygen atoms in total. The van der Waals surface area contributed by atoms with Crippen LogP contribution < -0.4 is 10.6 Å². The molecule has 0 bridgehead atoms. The molecule has 1 aromatic carbocycles. The maximum atomic E-state index is 11.9. The third-order valence-corrected chi connectivity index (χ3v) is 5.09. The van der Waals surface area contributed by atoms with Crippen LogP contribution in [0.25, 0.3) is 0 Å². The Bertz CT molecular complexity index is 831. The zero-order chi connectivity index (χ0) is 17.5. The van der Waals surface area contributed by atoms with E-state index in [0.29, 0.717) is 28.5 Å². The van der Waals surface area contributed by atoms with Gasteiger partial charge in [-0.05, 0) is 30.0 Å². The fourth-order valence-electron chi connectivity index (χ4n) is 2.10. The van der Waals surface area contributed by atoms with E-state index < -0.39 is 0 Å². The smallest absolute Gasteiger partial charge is 0.267 e. The number of hydrogen-bond donors (Lipinski definition) is 2. The SMILES string of the molecule is O=C(NCCCc1nnc(NC(=O)c2cccs2)s1)c1ccccc1. The van der Waals surface area contributed by atoms with Crippen LogP contribution in [0.5, 0.6) is 0 Å². The summed E-state index contributed by atoms with van der Waals surface area (Å²) in [5.41, 5.74) is 0.650. The molecule has 0 saturated heterocycles. The third kappa shape index (κ3) is 4.94. The number of aryl methyl sites for hydroxylation is 1. The first-order valence-electron chi connectivity index (χ1n) is 7.73.